The van der Waals surface area contributed by atoms with Crippen molar-refractivity contribution < 1.29 is 5.11 Å². The summed E-state index contributed by atoms with van der Waals surface area (Å²) in [7, 11) is 0. The molecule has 2 N–H and O–H groups in total. The highest BCUT2D eigenvalue weighted by Gasteiger charge is 2.23. The minimum Gasteiger partial charge on any atom is -0.395 e. The monoisotopic (exact) mass is 306 g/mol. The van der Waals surface area contributed by atoms with Crippen LogP contribution in [0.1, 0.15) is 50.6 Å². The Labute approximate surface area is 133 Å². The van der Waals surface area contributed by atoms with Crippen LogP contribution in [0.25, 0.3) is 0 Å². The number of benzene rings is 1. The highest BCUT2D eigenvalue weighted by Crippen LogP contribution is 2.23. The molecule has 0 amide bonds. The van der Waals surface area contributed by atoms with E-state index in [2.05, 4.69) is 29.3 Å². The van der Waals surface area contributed by atoms with E-state index in [9.17, 15) is 5.11 Å². The lowest BCUT2D eigenvalue weighted by molar-refractivity contribution is 0.188. The van der Waals surface area contributed by atoms with E-state index < -0.39 is 0 Å². The summed E-state index contributed by atoms with van der Waals surface area (Å²) in [6.45, 7) is 2.90. The minimum atomic E-state index is 0.151. The third-order valence-electron chi connectivity index (χ3n) is 4.26. The summed E-state index contributed by atoms with van der Waals surface area (Å²) in [5, 5.41) is 13.5. The lowest BCUT2D eigenvalue weighted by Gasteiger charge is -2.37. The van der Waals surface area contributed by atoms with Gasteiger partial charge in [-0.3, -0.25) is 0 Å². The third kappa shape index (κ3) is 4.68. The van der Waals surface area contributed by atoms with E-state index in [0.29, 0.717) is 12.6 Å². The standard InChI is InChI=1S/C17H26N2OS/c1-14(15-8-4-2-5-9-15)18-17(21)19(12-13-20)16-10-6-3-7-11-16/h2,4-5,8-9,14,16,20H,3,6-7,10-13H2,1H3,(H,18,21). The number of hydrogen-bond acceptors (Lipinski definition) is 2. The molecule has 1 aliphatic carbocycles. The van der Waals surface area contributed by atoms with Gasteiger partial charge >= 0.3 is 0 Å². The maximum absolute atomic E-state index is 9.34. The van der Waals surface area contributed by atoms with Gasteiger partial charge in [-0.15, -0.1) is 0 Å². The Morgan fingerprint density at radius 1 is 1.29 bits per heavy atom. The first-order valence-electron chi connectivity index (χ1n) is 7.95. The number of hydrogen-bond donors (Lipinski definition) is 2. The Morgan fingerprint density at radius 3 is 2.57 bits per heavy atom. The van der Waals surface area contributed by atoms with Crippen molar-refractivity contribution in [3.8, 4) is 0 Å². The number of nitrogens with zero attached hydrogens (tertiary/aromatic N) is 1. The van der Waals surface area contributed by atoms with Crippen LogP contribution < -0.4 is 5.32 Å². The van der Waals surface area contributed by atoms with E-state index in [1.807, 2.05) is 18.2 Å². The molecule has 0 aliphatic heterocycles. The fourth-order valence-corrected chi connectivity index (χ4v) is 3.46. The number of aliphatic hydroxyl groups is 1. The molecule has 0 bridgehead atoms. The van der Waals surface area contributed by atoms with Crippen molar-refractivity contribution in [2.45, 2.75) is 51.1 Å². The van der Waals surface area contributed by atoms with Crippen LogP contribution in [0, 0.1) is 0 Å². The summed E-state index contributed by atoms with van der Waals surface area (Å²) in [5.74, 6) is 0. The van der Waals surface area contributed by atoms with Gasteiger partial charge in [0, 0.05) is 12.6 Å². The van der Waals surface area contributed by atoms with E-state index in [1.54, 1.807) is 0 Å². The molecule has 1 unspecified atom stereocenters. The highest BCUT2D eigenvalue weighted by molar-refractivity contribution is 7.80. The average molecular weight is 306 g/mol. The fraction of sp³-hybridized carbons (Fsp3) is 0.588. The van der Waals surface area contributed by atoms with Gasteiger partial charge in [0.25, 0.3) is 0 Å². The number of aliphatic hydroxyl groups excluding tert-OH is 1. The zero-order chi connectivity index (χ0) is 15.1. The Hall–Kier alpha value is -1.13. The van der Waals surface area contributed by atoms with Gasteiger partial charge in [0.2, 0.25) is 0 Å². The first-order valence-corrected chi connectivity index (χ1v) is 8.36. The number of nitrogens with one attached hydrogen (secondary N) is 1. The van der Waals surface area contributed by atoms with Crippen molar-refractivity contribution in [1.82, 2.24) is 10.2 Å². The molecule has 1 saturated carbocycles. The molecule has 0 spiro atoms. The lowest BCUT2D eigenvalue weighted by Crippen LogP contribution is -2.48. The third-order valence-corrected chi connectivity index (χ3v) is 4.61. The fourth-order valence-electron chi connectivity index (χ4n) is 3.04. The minimum absolute atomic E-state index is 0.151. The summed E-state index contributed by atoms with van der Waals surface area (Å²) in [6.07, 6.45) is 6.22. The van der Waals surface area contributed by atoms with E-state index in [-0.39, 0.29) is 12.6 Å². The Morgan fingerprint density at radius 2 is 1.95 bits per heavy atom. The zero-order valence-electron chi connectivity index (χ0n) is 12.8. The Kier molecular flexibility index (Phi) is 6.46. The van der Waals surface area contributed by atoms with Crippen molar-refractivity contribution in [1.29, 1.82) is 0 Å². The van der Waals surface area contributed by atoms with Gasteiger partial charge in [0.05, 0.1) is 12.6 Å². The van der Waals surface area contributed by atoms with E-state index in [4.69, 9.17) is 12.2 Å². The van der Waals surface area contributed by atoms with E-state index >= 15 is 0 Å². The van der Waals surface area contributed by atoms with Gasteiger partial charge < -0.3 is 15.3 Å². The molecule has 1 aromatic rings. The van der Waals surface area contributed by atoms with Crippen molar-refractivity contribution >= 4 is 17.3 Å². The molecule has 3 nitrogen and oxygen atoms in total. The number of thiocarbonyl (C=S) groups is 1. The Balaban J connectivity index is 1.97. The second-order valence-electron chi connectivity index (χ2n) is 5.79. The van der Waals surface area contributed by atoms with Gasteiger partial charge in [-0.2, -0.15) is 0 Å². The molecule has 0 heterocycles. The first kappa shape index (κ1) is 16.2. The van der Waals surface area contributed by atoms with Gasteiger partial charge in [0.1, 0.15) is 0 Å². The van der Waals surface area contributed by atoms with Crippen LogP contribution in [0.5, 0.6) is 0 Å². The molecule has 1 aliphatic rings. The van der Waals surface area contributed by atoms with Gasteiger partial charge in [-0.1, -0.05) is 49.6 Å². The first-order chi connectivity index (χ1) is 10.2. The summed E-state index contributed by atoms with van der Waals surface area (Å²) >= 11 is 5.60. The molecule has 116 valence electrons. The molecule has 4 heteroatoms. The van der Waals surface area contributed by atoms with Crippen molar-refractivity contribution in [3.63, 3.8) is 0 Å². The van der Waals surface area contributed by atoms with Crippen molar-refractivity contribution in [2.75, 3.05) is 13.2 Å². The highest BCUT2D eigenvalue weighted by atomic mass is 32.1. The molecule has 21 heavy (non-hydrogen) atoms. The molecule has 1 fully saturated rings. The largest absolute Gasteiger partial charge is 0.395 e. The maximum atomic E-state index is 9.34. The summed E-state index contributed by atoms with van der Waals surface area (Å²) in [4.78, 5) is 2.19. The molecule has 0 radical (unpaired) electrons. The molecule has 1 atom stereocenters. The van der Waals surface area contributed by atoms with E-state index in [0.717, 1.165) is 5.11 Å². The number of rotatable bonds is 5. The van der Waals surface area contributed by atoms with Gasteiger partial charge in [-0.05, 0) is 37.5 Å². The molecular formula is C17H26N2OS. The van der Waals surface area contributed by atoms with Crippen LogP contribution in [0.3, 0.4) is 0 Å². The van der Waals surface area contributed by atoms with Crippen LogP contribution in [0.2, 0.25) is 0 Å². The summed E-state index contributed by atoms with van der Waals surface area (Å²) < 4.78 is 0. The van der Waals surface area contributed by atoms with Crippen LogP contribution in [-0.4, -0.2) is 34.3 Å². The van der Waals surface area contributed by atoms with Gasteiger partial charge in [0.15, 0.2) is 5.11 Å². The van der Waals surface area contributed by atoms with Gasteiger partial charge in [-0.25, -0.2) is 0 Å². The van der Waals surface area contributed by atoms with Crippen LogP contribution in [0.4, 0.5) is 0 Å². The maximum Gasteiger partial charge on any atom is 0.169 e. The second-order valence-corrected chi connectivity index (χ2v) is 6.18. The smallest absolute Gasteiger partial charge is 0.169 e. The molecule has 1 aromatic carbocycles. The van der Waals surface area contributed by atoms with Crippen LogP contribution in [0.15, 0.2) is 30.3 Å². The predicted octanol–water partition coefficient (Wildman–Crippen LogP) is 3.25. The average Bonchev–Trinajstić information content (AvgIpc) is 2.54. The second kappa shape index (κ2) is 8.35. The summed E-state index contributed by atoms with van der Waals surface area (Å²) in [6, 6.07) is 11.0. The summed E-state index contributed by atoms with van der Waals surface area (Å²) in [5.41, 5.74) is 1.23. The molecule has 2 rings (SSSR count). The topological polar surface area (TPSA) is 35.5 Å². The van der Waals surface area contributed by atoms with Crippen molar-refractivity contribution in [3.05, 3.63) is 35.9 Å². The van der Waals surface area contributed by atoms with E-state index in [1.165, 1.54) is 37.7 Å². The predicted molar refractivity (Wildman–Crippen MR) is 91.3 cm³/mol. The molecule has 0 saturated heterocycles. The molecular weight excluding hydrogens is 280 g/mol. The van der Waals surface area contributed by atoms with Crippen LogP contribution in [-0.2, 0) is 0 Å². The lowest BCUT2D eigenvalue weighted by atomic mass is 9.94. The SMILES string of the molecule is CC(NC(=S)N(CCO)C1CCCCC1)c1ccccc1. The molecule has 0 aromatic heterocycles. The zero-order valence-corrected chi connectivity index (χ0v) is 13.6. The normalized spacial score (nSPS) is 17.2. The van der Waals surface area contributed by atoms with Crippen LogP contribution >= 0.6 is 12.2 Å². The quantitative estimate of drug-likeness (QED) is 0.819. The Bertz CT molecular complexity index is 432. The van der Waals surface area contributed by atoms with Crippen molar-refractivity contribution in [2.24, 2.45) is 0 Å².